The molecule has 0 fully saturated rings. The number of hydrogen-bond acceptors (Lipinski definition) is 3. The highest BCUT2D eigenvalue weighted by molar-refractivity contribution is 9.08. The summed E-state index contributed by atoms with van der Waals surface area (Å²) in [4.78, 5) is 0. The Balaban J connectivity index is 2.25. The average Bonchev–Trinajstić information content (AvgIpc) is 2.77. The molecule has 0 N–H and O–H groups in total. The van der Waals surface area contributed by atoms with Crippen molar-refractivity contribution in [3.63, 3.8) is 0 Å². The van der Waals surface area contributed by atoms with E-state index in [4.69, 9.17) is 4.74 Å². The lowest BCUT2D eigenvalue weighted by molar-refractivity contribution is 0.405. The van der Waals surface area contributed by atoms with Crippen molar-refractivity contribution in [1.29, 1.82) is 0 Å². The third kappa shape index (κ3) is 2.82. The van der Waals surface area contributed by atoms with Crippen molar-refractivity contribution >= 4 is 15.9 Å². The van der Waals surface area contributed by atoms with Crippen molar-refractivity contribution in [2.45, 2.75) is 11.9 Å². The van der Waals surface area contributed by atoms with Crippen LogP contribution in [0, 0.1) is 5.82 Å². The first-order valence-corrected chi connectivity index (χ1v) is 6.12. The quantitative estimate of drug-likeness (QED) is 0.814. The lowest BCUT2D eigenvalue weighted by Crippen LogP contribution is -2.03. The molecule has 0 radical (unpaired) electrons. The van der Waals surface area contributed by atoms with E-state index in [1.165, 1.54) is 12.1 Å². The summed E-state index contributed by atoms with van der Waals surface area (Å²) in [6, 6.07) is 4.41. The van der Waals surface area contributed by atoms with Gasteiger partial charge in [-0.15, -0.1) is 5.10 Å². The molecule has 0 saturated carbocycles. The highest BCUT2D eigenvalue weighted by Gasteiger charge is 2.07. The minimum atomic E-state index is -0.290. The van der Waals surface area contributed by atoms with Crippen LogP contribution in [-0.4, -0.2) is 22.1 Å². The summed E-state index contributed by atoms with van der Waals surface area (Å²) < 4.78 is 20.0. The summed E-state index contributed by atoms with van der Waals surface area (Å²) >= 11 is 3.30. The molecule has 0 bridgehead atoms. The number of halogens is 2. The number of methoxy groups -OCH3 is 1. The van der Waals surface area contributed by atoms with E-state index in [9.17, 15) is 4.39 Å². The molecule has 0 atom stereocenters. The van der Waals surface area contributed by atoms with Crippen molar-refractivity contribution in [2.24, 2.45) is 0 Å². The Kier molecular flexibility index (Phi) is 3.73. The van der Waals surface area contributed by atoms with Gasteiger partial charge in [-0.3, -0.25) is 0 Å². The second-order valence-electron chi connectivity index (χ2n) is 3.50. The van der Waals surface area contributed by atoms with E-state index in [2.05, 4.69) is 26.2 Å². The Morgan fingerprint density at radius 2 is 2.29 bits per heavy atom. The van der Waals surface area contributed by atoms with Crippen LogP contribution >= 0.6 is 15.9 Å². The minimum Gasteiger partial charge on any atom is -0.496 e. The Hall–Kier alpha value is -1.43. The lowest BCUT2D eigenvalue weighted by atomic mass is 10.2. The maximum atomic E-state index is 13.1. The van der Waals surface area contributed by atoms with Gasteiger partial charge in [0.15, 0.2) is 0 Å². The average molecular weight is 300 g/mol. The van der Waals surface area contributed by atoms with Gasteiger partial charge >= 0.3 is 0 Å². The van der Waals surface area contributed by atoms with Gasteiger partial charge in [0.2, 0.25) is 0 Å². The summed E-state index contributed by atoms with van der Waals surface area (Å²) in [7, 11) is 1.56. The van der Waals surface area contributed by atoms with E-state index >= 15 is 0 Å². The van der Waals surface area contributed by atoms with Gasteiger partial charge in [-0.05, 0) is 18.2 Å². The molecule has 6 heteroatoms. The fourth-order valence-electron chi connectivity index (χ4n) is 1.52. The van der Waals surface area contributed by atoms with Crippen molar-refractivity contribution in [1.82, 2.24) is 15.0 Å². The Labute approximate surface area is 107 Å². The van der Waals surface area contributed by atoms with Crippen LogP contribution in [0.1, 0.15) is 11.3 Å². The van der Waals surface area contributed by atoms with Gasteiger partial charge in [-0.2, -0.15) is 0 Å². The van der Waals surface area contributed by atoms with Crippen LogP contribution in [0.5, 0.6) is 5.75 Å². The molecule has 0 saturated heterocycles. The molecule has 0 aliphatic carbocycles. The van der Waals surface area contributed by atoms with Crippen LogP contribution in [0.4, 0.5) is 4.39 Å². The van der Waals surface area contributed by atoms with Crippen LogP contribution in [0.15, 0.2) is 24.4 Å². The topological polar surface area (TPSA) is 39.9 Å². The molecule has 2 rings (SSSR count). The number of ether oxygens (including phenoxy) is 1. The van der Waals surface area contributed by atoms with Gasteiger partial charge in [-0.25, -0.2) is 9.07 Å². The SMILES string of the molecule is COc1ccc(F)cc1Cn1cc(CBr)nn1. The van der Waals surface area contributed by atoms with Crippen LogP contribution in [-0.2, 0) is 11.9 Å². The second kappa shape index (κ2) is 5.27. The molecule has 0 spiro atoms. The maximum Gasteiger partial charge on any atom is 0.124 e. The number of benzene rings is 1. The Morgan fingerprint density at radius 3 is 2.94 bits per heavy atom. The van der Waals surface area contributed by atoms with Crippen molar-refractivity contribution in [3.05, 3.63) is 41.5 Å². The van der Waals surface area contributed by atoms with Crippen molar-refractivity contribution in [3.8, 4) is 5.75 Å². The van der Waals surface area contributed by atoms with Crippen LogP contribution in [0.25, 0.3) is 0 Å². The molecule has 1 aromatic heterocycles. The van der Waals surface area contributed by atoms with E-state index in [1.807, 2.05) is 0 Å². The first kappa shape index (κ1) is 12.0. The fraction of sp³-hybridized carbons (Fsp3) is 0.273. The number of hydrogen-bond donors (Lipinski definition) is 0. The molecule has 1 aromatic carbocycles. The zero-order valence-electron chi connectivity index (χ0n) is 9.23. The van der Waals surface area contributed by atoms with E-state index in [0.29, 0.717) is 17.6 Å². The molecule has 0 amide bonds. The fourth-order valence-corrected chi connectivity index (χ4v) is 1.78. The van der Waals surface area contributed by atoms with Crippen LogP contribution in [0.3, 0.4) is 0 Å². The van der Waals surface area contributed by atoms with E-state index < -0.39 is 0 Å². The predicted octanol–water partition coefficient (Wildman–Crippen LogP) is 2.37. The normalized spacial score (nSPS) is 10.5. The maximum absolute atomic E-state index is 13.1. The van der Waals surface area contributed by atoms with E-state index in [-0.39, 0.29) is 5.82 Å². The molecular formula is C11H11BrFN3O. The van der Waals surface area contributed by atoms with Crippen molar-refractivity contribution < 1.29 is 9.13 Å². The van der Waals surface area contributed by atoms with Crippen molar-refractivity contribution in [2.75, 3.05) is 7.11 Å². The molecule has 0 unspecified atom stereocenters. The van der Waals surface area contributed by atoms with Gasteiger partial charge in [-0.1, -0.05) is 21.1 Å². The van der Waals surface area contributed by atoms with E-state index in [0.717, 1.165) is 11.3 Å². The highest BCUT2D eigenvalue weighted by Crippen LogP contribution is 2.20. The molecule has 0 aliphatic rings. The predicted molar refractivity (Wildman–Crippen MR) is 64.7 cm³/mol. The first-order valence-electron chi connectivity index (χ1n) is 5.00. The molecule has 90 valence electrons. The standard InChI is InChI=1S/C11H11BrFN3O/c1-17-11-3-2-9(13)4-8(11)6-16-7-10(5-12)14-15-16/h2-4,7H,5-6H2,1H3. The first-order chi connectivity index (χ1) is 8.22. The van der Waals surface area contributed by atoms with E-state index in [1.54, 1.807) is 24.1 Å². The monoisotopic (exact) mass is 299 g/mol. The highest BCUT2D eigenvalue weighted by atomic mass is 79.9. The van der Waals surface area contributed by atoms with Crippen LogP contribution < -0.4 is 4.74 Å². The number of nitrogens with zero attached hydrogens (tertiary/aromatic N) is 3. The Morgan fingerprint density at radius 1 is 1.47 bits per heavy atom. The van der Waals surface area contributed by atoms with Gasteiger partial charge in [0, 0.05) is 17.1 Å². The van der Waals surface area contributed by atoms with Gasteiger partial charge in [0.05, 0.1) is 19.3 Å². The molecule has 17 heavy (non-hydrogen) atoms. The van der Waals surface area contributed by atoms with Crippen LogP contribution in [0.2, 0.25) is 0 Å². The summed E-state index contributed by atoms with van der Waals surface area (Å²) in [5.41, 5.74) is 1.57. The number of aromatic nitrogens is 3. The summed E-state index contributed by atoms with van der Waals surface area (Å²) in [5.74, 6) is 0.351. The molecule has 2 aromatic rings. The van der Waals surface area contributed by atoms with Gasteiger partial charge in [0.1, 0.15) is 11.6 Å². The summed E-state index contributed by atoms with van der Waals surface area (Å²) in [5, 5.41) is 8.53. The molecular weight excluding hydrogens is 289 g/mol. The third-order valence-electron chi connectivity index (χ3n) is 2.30. The second-order valence-corrected chi connectivity index (χ2v) is 4.06. The zero-order valence-corrected chi connectivity index (χ0v) is 10.8. The summed E-state index contributed by atoms with van der Waals surface area (Å²) in [6.07, 6.45) is 1.80. The Bertz CT molecular complexity index is 515. The smallest absolute Gasteiger partial charge is 0.124 e. The molecule has 0 aliphatic heterocycles. The molecule has 1 heterocycles. The summed E-state index contributed by atoms with van der Waals surface area (Å²) in [6.45, 7) is 0.431. The largest absolute Gasteiger partial charge is 0.496 e. The minimum absolute atomic E-state index is 0.290. The number of alkyl halides is 1. The van der Waals surface area contributed by atoms with Gasteiger partial charge < -0.3 is 4.74 Å². The number of rotatable bonds is 4. The molecule has 4 nitrogen and oxygen atoms in total. The lowest BCUT2D eigenvalue weighted by Gasteiger charge is -2.07. The van der Waals surface area contributed by atoms with Gasteiger partial charge in [0.25, 0.3) is 0 Å². The third-order valence-corrected chi connectivity index (χ3v) is 2.87. The zero-order chi connectivity index (χ0) is 12.3.